The summed E-state index contributed by atoms with van der Waals surface area (Å²) in [5.74, 6) is 0.718. The third kappa shape index (κ3) is 5.71. The molecule has 0 aliphatic carbocycles. The Morgan fingerprint density at radius 1 is 1.05 bits per heavy atom. The second-order valence-corrected chi connectivity index (χ2v) is 10.4. The number of nitrogens with zero attached hydrogens (tertiary/aromatic N) is 2. The molecule has 1 atom stereocenters. The van der Waals surface area contributed by atoms with Crippen molar-refractivity contribution in [3.8, 4) is 17.2 Å². The number of rotatable bonds is 9. The third-order valence-electron chi connectivity index (χ3n) is 6.78. The van der Waals surface area contributed by atoms with Crippen molar-refractivity contribution in [2.45, 2.75) is 26.5 Å². The molecule has 42 heavy (non-hydrogen) atoms. The lowest BCUT2D eigenvalue weighted by Gasteiger charge is -2.26. The minimum absolute atomic E-state index is 0.0988. The van der Waals surface area contributed by atoms with E-state index in [2.05, 4.69) is 4.99 Å². The van der Waals surface area contributed by atoms with E-state index in [9.17, 15) is 14.0 Å². The number of aromatic nitrogens is 1. The second-order valence-electron chi connectivity index (χ2n) is 9.36. The Labute approximate surface area is 245 Å². The molecular weight excluding hydrogens is 559 g/mol. The van der Waals surface area contributed by atoms with Gasteiger partial charge in [0.25, 0.3) is 5.56 Å². The maximum Gasteiger partial charge on any atom is 0.338 e. The first kappa shape index (κ1) is 28.8. The van der Waals surface area contributed by atoms with Gasteiger partial charge in [-0.1, -0.05) is 41.7 Å². The quantitative estimate of drug-likeness (QED) is 0.267. The van der Waals surface area contributed by atoms with Crippen molar-refractivity contribution < 1.29 is 28.1 Å². The highest BCUT2D eigenvalue weighted by atomic mass is 32.1. The van der Waals surface area contributed by atoms with E-state index < -0.39 is 12.0 Å². The molecule has 0 saturated heterocycles. The fraction of sp³-hybridized carbons (Fsp3) is 0.219. The Kier molecular flexibility index (Phi) is 8.53. The molecule has 3 aromatic carbocycles. The van der Waals surface area contributed by atoms with E-state index in [-0.39, 0.29) is 30.2 Å². The van der Waals surface area contributed by atoms with Gasteiger partial charge < -0.3 is 18.9 Å². The van der Waals surface area contributed by atoms with Crippen LogP contribution >= 0.6 is 11.3 Å². The summed E-state index contributed by atoms with van der Waals surface area (Å²) in [6, 6.07) is 18.0. The molecule has 5 rings (SSSR count). The standard InChI is InChI=1S/C32H29FN2O6S/c1-5-40-31(37)28-19(2)34-32-35(29(28)24-15-14-23(38-3)17-26(24)39-4)30(36)27(42-32)16-20-10-12-22(13-11-20)41-18-21-8-6-7-9-25(21)33/h6-17,29H,5,18H2,1-4H3/t29-/m0/s1. The molecule has 0 saturated carbocycles. The summed E-state index contributed by atoms with van der Waals surface area (Å²) in [5.41, 5.74) is 2.23. The van der Waals surface area contributed by atoms with Crippen LogP contribution in [0.4, 0.5) is 4.39 Å². The highest BCUT2D eigenvalue weighted by Gasteiger charge is 2.35. The van der Waals surface area contributed by atoms with E-state index >= 15 is 0 Å². The number of allylic oxidation sites excluding steroid dienone is 1. The number of esters is 1. The van der Waals surface area contributed by atoms with Gasteiger partial charge in [-0.05, 0) is 55.8 Å². The highest BCUT2D eigenvalue weighted by Crippen LogP contribution is 2.37. The van der Waals surface area contributed by atoms with E-state index in [0.717, 1.165) is 5.56 Å². The van der Waals surface area contributed by atoms with Crippen molar-refractivity contribution in [2.75, 3.05) is 20.8 Å². The summed E-state index contributed by atoms with van der Waals surface area (Å²) < 4.78 is 38.0. The number of benzene rings is 3. The van der Waals surface area contributed by atoms with Gasteiger partial charge in [-0.3, -0.25) is 9.36 Å². The Balaban J connectivity index is 1.54. The van der Waals surface area contributed by atoms with E-state index in [4.69, 9.17) is 18.9 Å². The Morgan fingerprint density at radius 3 is 2.48 bits per heavy atom. The number of fused-ring (bicyclic) bond motifs is 1. The molecule has 2 heterocycles. The van der Waals surface area contributed by atoms with Crippen molar-refractivity contribution in [2.24, 2.45) is 4.99 Å². The van der Waals surface area contributed by atoms with Gasteiger partial charge >= 0.3 is 5.97 Å². The molecule has 1 aliphatic rings. The van der Waals surface area contributed by atoms with E-state index in [1.54, 1.807) is 75.6 Å². The summed E-state index contributed by atoms with van der Waals surface area (Å²) in [4.78, 5) is 32.1. The van der Waals surface area contributed by atoms with Gasteiger partial charge in [-0.2, -0.15) is 0 Å². The fourth-order valence-corrected chi connectivity index (χ4v) is 5.76. The first-order valence-electron chi connectivity index (χ1n) is 13.2. The average Bonchev–Trinajstić information content (AvgIpc) is 3.30. The van der Waals surface area contributed by atoms with Gasteiger partial charge in [0.2, 0.25) is 0 Å². The number of ether oxygens (including phenoxy) is 4. The zero-order valence-electron chi connectivity index (χ0n) is 23.5. The molecule has 0 N–H and O–H groups in total. The van der Waals surface area contributed by atoms with Crippen molar-refractivity contribution >= 4 is 23.4 Å². The third-order valence-corrected chi connectivity index (χ3v) is 7.77. The maximum atomic E-state index is 13.9. The maximum absolute atomic E-state index is 13.9. The number of hydrogen-bond acceptors (Lipinski definition) is 8. The summed E-state index contributed by atoms with van der Waals surface area (Å²) >= 11 is 1.22. The van der Waals surface area contributed by atoms with Crippen LogP contribution in [0.15, 0.2) is 87.8 Å². The van der Waals surface area contributed by atoms with Crippen molar-refractivity contribution in [3.05, 3.63) is 120 Å². The van der Waals surface area contributed by atoms with Crippen LogP contribution in [0.3, 0.4) is 0 Å². The average molecular weight is 589 g/mol. The summed E-state index contributed by atoms with van der Waals surface area (Å²) in [5, 5.41) is 0. The van der Waals surface area contributed by atoms with E-state index in [0.29, 0.717) is 43.4 Å². The van der Waals surface area contributed by atoms with E-state index in [1.807, 2.05) is 12.1 Å². The van der Waals surface area contributed by atoms with Crippen LogP contribution in [-0.2, 0) is 16.1 Å². The molecule has 8 nitrogen and oxygen atoms in total. The van der Waals surface area contributed by atoms with Crippen LogP contribution in [0.2, 0.25) is 0 Å². The van der Waals surface area contributed by atoms with Gasteiger partial charge in [0.05, 0.1) is 36.6 Å². The number of carbonyl (C=O) groups is 1. The molecule has 0 fully saturated rings. The topological polar surface area (TPSA) is 88.4 Å². The van der Waals surface area contributed by atoms with Crippen molar-refractivity contribution in [1.29, 1.82) is 0 Å². The van der Waals surface area contributed by atoms with Crippen LogP contribution in [0.25, 0.3) is 6.08 Å². The van der Waals surface area contributed by atoms with Crippen LogP contribution in [0.5, 0.6) is 17.2 Å². The monoisotopic (exact) mass is 588 g/mol. The smallest absolute Gasteiger partial charge is 0.338 e. The predicted octanol–water partition coefficient (Wildman–Crippen LogP) is 4.53. The summed E-state index contributed by atoms with van der Waals surface area (Å²) in [6.07, 6.45) is 1.76. The molecule has 1 aromatic heterocycles. The van der Waals surface area contributed by atoms with Crippen LogP contribution in [0, 0.1) is 5.82 Å². The minimum atomic E-state index is -0.822. The van der Waals surface area contributed by atoms with Crippen LogP contribution < -0.4 is 29.1 Å². The van der Waals surface area contributed by atoms with Gasteiger partial charge in [0.1, 0.15) is 35.7 Å². The fourth-order valence-electron chi connectivity index (χ4n) is 4.72. The lowest BCUT2D eigenvalue weighted by atomic mass is 9.95. The number of carbonyl (C=O) groups excluding carboxylic acids is 1. The molecule has 0 radical (unpaired) electrons. The molecule has 0 unspecified atom stereocenters. The summed E-state index contributed by atoms with van der Waals surface area (Å²) in [6.45, 7) is 3.72. The van der Waals surface area contributed by atoms with Crippen LogP contribution in [0.1, 0.15) is 36.6 Å². The van der Waals surface area contributed by atoms with Gasteiger partial charge in [0.15, 0.2) is 4.80 Å². The van der Waals surface area contributed by atoms with Gasteiger partial charge in [-0.15, -0.1) is 0 Å². The molecule has 0 bridgehead atoms. The summed E-state index contributed by atoms with van der Waals surface area (Å²) in [7, 11) is 3.07. The molecular formula is C32H29FN2O6S. The zero-order chi connectivity index (χ0) is 29.8. The number of halogens is 1. The SMILES string of the molecule is CCOC(=O)C1=C(C)N=c2sc(=Cc3ccc(OCc4ccccc4F)cc3)c(=O)n2[C@H]1c1ccc(OC)cc1OC. The Morgan fingerprint density at radius 2 is 1.79 bits per heavy atom. The lowest BCUT2D eigenvalue weighted by molar-refractivity contribution is -0.139. The normalized spacial score (nSPS) is 14.7. The van der Waals surface area contributed by atoms with Crippen molar-refractivity contribution in [1.82, 2.24) is 4.57 Å². The molecule has 4 aromatic rings. The first-order chi connectivity index (χ1) is 20.3. The second kappa shape index (κ2) is 12.4. The number of hydrogen-bond donors (Lipinski definition) is 0. The Bertz CT molecular complexity index is 1840. The zero-order valence-corrected chi connectivity index (χ0v) is 24.4. The minimum Gasteiger partial charge on any atom is -0.497 e. The van der Waals surface area contributed by atoms with Crippen molar-refractivity contribution in [3.63, 3.8) is 0 Å². The lowest BCUT2D eigenvalue weighted by Crippen LogP contribution is -2.40. The number of methoxy groups -OCH3 is 2. The molecule has 0 amide bonds. The molecule has 216 valence electrons. The van der Waals surface area contributed by atoms with Gasteiger partial charge in [0, 0.05) is 17.2 Å². The molecule has 0 spiro atoms. The number of thiazole rings is 1. The van der Waals surface area contributed by atoms with Crippen LogP contribution in [-0.4, -0.2) is 31.4 Å². The molecule has 1 aliphatic heterocycles. The molecule has 10 heteroatoms. The highest BCUT2D eigenvalue weighted by molar-refractivity contribution is 7.07. The van der Waals surface area contributed by atoms with Gasteiger partial charge in [-0.25, -0.2) is 14.2 Å². The Hall–Kier alpha value is -4.70. The largest absolute Gasteiger partial charge is 0.497 e. The first-order valence-corrected chi connectivity index (χ1v) is 14.0. The van der Waals surface area contributed by atoms with E-state index in [1.165, 1.54) is 29.1 Å². The predicted molar refractivity (Wildman–Crippen MR) is 157 cm³/mol.